The molecule has 2 heterocycles. The second-order valence-electron chi connectivity index (χ2n) is 9.29. The van der Waals surface area contributed by atoms with Crippen molar-refractivity contribution in [3.63, 3.8) is 0 Å². The maximum Gasteiger partial charge on any atom is 0.285 e. The molecule has 7 nitrogen and oxygen atoms in total. The van der Waals surface area contributed by atoms with Crippen molar-refractivity contribution in [3.8, 4) is 0 Å². The molecule has 0 saturated carbocycles. The number of hydrogen-bond donors (Lipinski definition) is 0. The van der Waals surface area contributed by atoms with Crippen LogP contribution in [0.25, 0.3) is 0 Å². The third kappa shape index (κ3) is 6.32. The van der Waals surface area contributed by atoms with Crippen LogP contribution in [0.1, 0.15) is 51.1 Å². The maximum absolute atomic E-state index is 12.5. The summed E-state index contributed by atoms with van der Waals surface area (Å²) in [5, 5.41) is 0.867. The molecule has 0 aliphatic carbocycles. The van der Waals surface area contributed by atoms with Crippen molar-refractivity contribution in [3.05, 3.63) is 107 Å². The fraction of sp³-hybridized carbons (Fsp3) is 0.333. The molecule has 3 atom stereocenters. The van der Waals surface area contributed by atoms with Gasteiger partial charge in [-0.15, -0.1) is 5.06 Å². The minimum atomic E-state index is -0.414. The van der Waals surface area contributed by atoms with Crippen LogP contribution in [0, 0.1) is 0 Å². The zero-order valence-corrected chi connectivity index (χ0v) is 20.7. The Labute approximate surface area is 216 Å². The number of hydrogen-bond acceptors (Lipinski definition) is 6. The summed E-state index contributed by atoms with van der Waals surface area (Å²) in [5.74, 6) is -0.828. The summed E-state index contributed by atoms with van der Waals surface area (Å²) in [4.78, 5) is 30.5. The number of imide groups is 1. The van der Waals surface area contributed by atoms with E-state index < -0.39 is 11.8 Å². The molecule has 0 spiro atoms. The van der Waals surface area contributed by atoms with Gasteiger partial charge in [0.2, 0.25) is 0 Å². The largest absolute Gasteiger partial charge is 0.374 e. The molecule has 37 heavy (non-hydrogen) atoms. The van der Waals surface area contributed by atoms with E-state index in [2.05, 4.69) is 0 Å². The zero-order valence-electron chi connectivity index (χ0n) is 20.7. The number of rotatable bonds is 12. The number of benzene rings is 3. The van der Waals surface area contributed by atoms with Gasteiger partial charge in [-0.3, -0.25) is 14.4 Å². The third-order valence-corrected chi connectivity index (χ3v) is 6.63. The zero-order chi connectivity index (χ0) is 25.5. The van der Waals surface area contributed by atoms with Gasteiger partial charge in [0, 0.05) is 6.42 Å². The van der Waals surface area contributed by atoms with Gasteiger partial charge in [-0.1, -0.05) is 72.8 Å². The Kier molecular flexibility index (Phi) is 8.38. The van der Waals surface area contributed by atoms with Gasteiger partial charge in [-0.2, -0.15) is 0 Å². The van der Waals surface area contributed by atoms with Crippen LogP contribution in [0.2, 0.25) is 0 Å². The molecule has 5 rings (SSSR count). The Morgan fingerprint density at radius 2 is 1.38 bits per heavy atom. The van der Waals surface area contributed by atoms with Crippen LogP contribution in [0.4, 0.5) is 0 Å². The summed E-state index contributed by atoms with van der Waals surface area (Å²) in [6.45, 7) is 1.72. The molecular formula is C30H31NO6. The average molecular weight is 502 g/mol. The van der Waals surface area contributed by atoms with Crippen molar-refractivity contribution >= 4 is 11.8 Å². The van der Waals surface area contributed by atoms with Crippen LogP contribution >= 0.6 is 0 Å². The Hall–Kier alpha value is -3.36. The Morgan fingerprint density at radius 3 is 2.03 bits per heavy atom. The quantitative estimate of drug-likeness (QED) is 0.258. The molecular weight excluding hydrogens is 470 g/mol. The van der Waals surface area contributed by atoms with Crippen molar-refractivity contribution in [1.82, 2.24) is 5.06 Å². The van der Waals surface area contributed by atoms with Crippen molar-refractivity contribution in [2.75, 3.05) is 13.2 Å². The monoisotopic (exact) mass is 501 g/mol. The van der Waals surface area contributed by atoms with Crippen LogP contribution in [0.3, 0.4) is 0 Å². The van der Waals surface area contributed by atoms with Gasteiger partial charge in [0.25, 0.3) is 11.8 Å². The van der Waals surface area contributed by atoms with Crippen molar-refractivity contribution in [1.29, 1.82) is 0 Å². The first-order valence-corrected chi connectivity index (χ1v) is 12.7. The number of carbonyl (C=O) groups is 2. The van der Waals surface area contributed by atoms with Gasteiger partial charge >= 0.3 is 0 Å². The standard InChI is InChI=1S/C30H31NO6/c32-29-25-15-7-8-16-26(25)30(33)31(29)36-17-9-14-24-18-27(35-20-23-12-5-2-6-13-23)28(37-24)21-34-19-22-10-3-1-4-11-22/h1-8,10-13,15-16,24,27-28H,9,14,17-21H2/t24-,27-,28+/m0/s1. The molecule has 0 bridgehead atoms. The van der Waals surface area contributed by atoms with E-state index in [0.717, 1.165) is 29.0 Å². The summed E-state index contributed by atoms with van der Waals surface area (Å²) in [6.07, 6.45) is 1.84. The van der Waals surface area contributed by atoms with E-state index >= 15 is 0 Å². The average Bonchev–Trinajstić information content (AvgIpc) is 3.44. The number of fused-ring (bicyclic) bond motifs is 1. The number of hydroxylamine groups is 2. The first kappa shape index (κ1) is 25.3. The number of ether oxygens (including phenoxy) is 3. The van der Waals surface area contributed by atoms with Crippen molar-refractivity contribution in [2.24, 2.45) is 0 Å². The minimum absolute atomic E-state index is 0.0168. The van der Waals surface area contributed by atoms with E-state index in [1.807, 2.05) is 60.7 Å². The van der Waals surface area contributed by atoms with Gasteiger partial charge < -0.3 is 14.2 Å². The topological polar surface area (TPSA) is 74.3 Å². The van der Waals surface area contributed by atoms with E-state index in [4.69, 9.17) is 19.0 Å². The first-order chi connectivity index (χ1) is 18.2. The molecule has 0 aromatic heterocycles. The van der Waals surface area contributed by atoms with Gasteiger partial charge in [0.1, 0.15) is 6.10 Å². The predicted octanol–water partition coefficient (Wildman–Crippen LogP) is 4.95. The van der Waals surface area contributed by atoms with Gasteiger partial charge in [-0.05, 0) is 36.1 Å². The molecule has 3 aromatic rings. The smallest absolute Gasteiger partial charge is 0.285 e. The highest BCUT2D eigenvalue weighted by Gasteiger charge is 2.38. The molecule has 2 aliphatic rings. The van der Waals surface area contributed by atoms with Crippen LogP contribution in [-0.2, 0) is 32.3 Å². The number of amides is 2. The van der Waals surface area contributed by atoms with E-state index in [1.54, 1.807) is 24.3 Å². The SMILES string of the molecule is O=C1c2ccccc2C(=O)N1OCCC[C@H]1C[C@H](OCc2ccccc2)[C@@H](COCc2ccccc2)O1. The Balaban J connectivity index is 1.10. The second-order valence-corrected chi connectivity index (χ2v) is 9.29. The number of carbonyl (C=O) groups excluding carboxylic acids is 2. The molecule has 1 fully saturated rings. The molecule has 3 aromatic carbocycles. The molecule has 2 aliphatic heterocycles. The summed E-state index contributed by atoms with van der Waals surface area (Å²) < 4.78 is 18.5. The fourth-order valence-electron chi connectivity index (χ4n) is 4.71. The highest BCUT2D eigenvalue weighted by molar-refractivity contribution is 6.20. The van der Waals surface area contributed by atoms with Crippen LogP contribution in [-0.4, -0.2) is 48.4 Å². The van der Waals surface area contributed by atoms with Gasteiger partial charge in [0.05, 0.1) is 49.8 Å². The minimum Gasteiger partial charge on any atom is -0.374 e. The van der Waals surface area contributed by atoms with E-state index in [-0.39, 0.29) is 24.9 Å². The summed E-state index contributed by atoms with van der Waals surface area (Å²) in [6, 6.07) is 26.9. The summed E-state index contributed by atoms with van der Waals surface area (Å²) in [7, 11) is 0. The van der Waals surface area contributed by atoms with Crippen LogP contribution in [0.5, 0.6) is 0 Å². The highest BCUT2D eigenvalue weighted by Crippen LogP contribution is 2.28. The summed E-state index contributed by atoms with van der Waals surface area (Å²) >= 11 is 0. The fourth-order valence-corrected chi connectivity index (χ4v) is 4.71. The van der Waals surface area contributed by atoms with E-state index in [1.165, 1.54) is 0 Å². The van der Waals surface area contributed by atoms with Crippen molar-refractivity contribution in [2.45, 2.75) is 50.8 Å². The van der Waals surface area contributed by atoms with E-state index in [0.29, 0.717) is 37.4 Å². The first-order valence-electron chi connectivity index (χ1n) is 12.7. The molecule has 0 radical (unpaired) electrons. The molecule has 7 heteroatoms. The molecule has 192 valence electrons. The molecule has 0 unspecified atom stereocenters. The highest BCUT2D eigenvalue weighted by atomic mass is 16.7. The predicted molar refractivity (Wildman–Crippen MR) is 137 cm³/mol. The maximum atomic E-state index is 12.5. The Bertz CT molecular complexity index is 1150. The lowest BCUT2D eigenvalue weighted by molar-refractivity contribution is -0.0964. The van der Waals surface area contributed by atoms with Gasteiger partial charge in [-0.25, -0.2) is 0 Å². The Morgan fingerprint density at radius 1 is 0.784 bits per heavy atom. The lowest BCUT2D eigenvalue weighted by Crippen LogP contribution is -2.30. The molecule has 1 saturated heterocycles. The summed E-state index contributed by atoms with van der Waals surface area (Å²) in [5.41, 5.74) is 2.99. The van der Waals surface area contributed by atoms with Crippen molar-refractivity contribution < 1.29 is 28.6 Å². The molecule has 2 amide bonds. The normalized spacial score (nSPS) is 21.0. The van der Waals surface area contributed by atoms with Crippen LogP contribution < -0.4 is 0 Å². The van der Waals surface area contributed by atoms with Crippen LogP contribution in [0.15, 0.2) is 84.9 Å². The van der Waals surface area contributed by atoms with E-state index in [9.17, 15) is 9.59 Å². The number of nitrogens with zero attached hydrogens (tertiary/aromatic N) is 1. The lowest BCUT2D eigenvalue weighted by atomic mass is 10.1. The van der Waals surface area contributed by atoms with Gasteiger partial charge in [0.15, 0.2) is 0 Å². The molecule has 0 N–H and O–H groups in total. The third-order valence-electron chi connectivity index (χ3n) is 6.63. The lowest BCUT2D eigenvalue weighted by Gasteiger charge is -2.19. The second kappa shape index (κ2) is 12.3.